The molecule has 2 aromatic rings. The largest absolute Gasteiger partial charge is 0.482 e. The maximum absolute atomic E-state index is 12.1. The summed E-state index contributed by atoms with van der Waals surface area (Å²) in [6.07, 6.45) is 1.37. The predicted molar refractivity (Wildman–Crippen MR) is 109 cm³/mol. The van der Waals surface area contributed by atoms with Gasteiger partial charge in [-0.1, -0.05) is 18.2 Å². The van der Waals surface area contributed by atoms with Crippen molar-refractivity contribution in [2.24, 2.45) is 0 Å². The molecule has 2 amide bonds. The smallest absolute Gasteiger partial charge is 0.344 e. The number of nitrogens with one attached hydrogen (secondary N) is 1. The molecular formula is C22H24N2O5. The molecule has 1 N–H and O–H groups in total. The van der Waals surface area contributed by atoms with Gasteiger partial charge in [-0.2, -0.15) is 0 Å². The third-order valence-electron chi connectivity index (χ3n) is 4.57. The van der Waals surface area contributed by atoms with Crippen molar-refractivity contribution >= 4 is 29.2 Å². The highest BCUT2D eigenvalue weighted by atomic mass is 16.6. The third-order valence-corrected chi connectivity index (χ3v) is 4.57. The molecule has 0 atom stereocenters. The van der Waals surface area contributed by atoms with Gasteiger partial charge in [-0.3, -0.25) is 9.59 Å². The Kier molecular flexibility index (Phi) is 6.49. The Bertz CT molecular complexity index is 925. The van der Waals surface area contributed by atoms with E-state index >= 15 is 0 Å². The number of anilines is 2. The number of hydrogen-bond donors (Lipinski definition) is 1. The Morgan fingerprint density at radius 1 is 1.10 bits per heavy atom. The van der Waals surface area contributed by atoms with Crippen molar-refractivity contribution in [3.8, 4) is 5.75 Å². The van der Waals surface area contributed by atoms with E-state index in [9.17, 15) is 14.4 Å². The summed E-state index contributed by atoms with van der Waals surface area (Å²) in [5.74, 6) is -0.404. The first kappa shape index (κ1) is 20.4. The molecule has 1 heterocycles. The summed E-state index contributed by atoms with van der Waals surface area (Å²) in [5.41, 5.74) is 3.22. The molecule has 0 spiro atoms. The molecule has 0 bridgehead atoms. The zero-order chi connectivity index (χ0) is 20.8. The second-order valence-electron chi connectivity index (χ2n) is 6.97. The molecule has 0 radical (unpaired) electrons. The zero-order valence-corrected chi connectivity index (χ0v) is 16.6. The van der Waals surface area contributed by atoms with Crippen LogP contribution in [0.5, 0.6) is 5.75 Å². The van der Waals surface area contributed by atoms with Crippen LogP contribution in [0.3, 0.4) is 0 Å². The molecule has 7 heteroatoms. The fourth-order valence-electron chi connectivity index (χ4n) is 3.06. The lowest BCUT2D eigenvalue weighted by atomic mass is 10.1. The van der Waals surface area contributed by atoms with Gasteiger partial charge in [0.25, 0.3) is 5.91 Å². The van der Waals surface area contributed by atoms with E-state index in [-0.39, 0.29) is 12.5 Å². The SMILES string of the molecule is Cc1ccc(C)c(OCC(=O)OCC(=O)Nc2cccc(N3CCCC3=O)c2)c1. The van der Waals surface area contributed by atoms with E-state index in [2.05, 4.69) is 5.32 Å². The average molecular weight is 396 g/mol. The first-order valence-electron chi connectivity index (χ1n) is 9.48. The van der Waals surface area contributed by atoms with E-state index in [1.165, 1.54) is 0 Å². The molecule has 0 unspecified atom stereocenters. The van der Waals surface area contributed by atoms with Crippen LogP contribution >= 0.6 is 0 Å². The van der Waals surface area contributed by atoms with Crippen molar-refractivity contribution in [1.82, 2.24) is 0 Å². The van der Waals surface area contributed by atoms with Crippen LogP contribution in [0, 0.1) is 13.8 Å². The van der Waals surface area contributed by atoms with E-state index in [4.69, 9.17) is 9.47 Å². The Balaban J connectivity index is 1.46. The predicted octanol–water partition coefficient (Wildman–Crippen LogP) is 2.99. The van der Waals surface area contributed by atoms with Gasteiger partial charge in [0.05, 0.1) is 0 Å². The minimum Gasteiger partial charge on any atom is -0.482 e. The van der Waals surface area contributed by atoms with Crippen molar-refractivity contribution in [3.63, 3.8) is 0 Å². The highest BCUT2D eigenvalue weighted by molar-refractivity contribution is 5.97. The molecule has 3 rings (SSSR count). The molecule has 7 nitrogen and oxygen atoms in total. The van der Waals surface area contributed by atoms with E-state index < -0.39 is 18.5 Å². The standard InChI is InChI=1S/C22H24N2O5/c1-15-8-9-16(2)19(11-15)28-14-22(27)29-13-20(25)23-17-5-3-6-18(12-17)24-10-4-7-21(24)26/h3,5-6,8-9,11-12H,4,7,10,13-14H2,1-2H3,(H,23,25). The Morgan fingerprint density at radius 3 is 2.69 bits per heavy atom. The van der Waals surface area contributed by atoms with Gasteiger partial charge in [0.15, 0.2) is 13.2 Å². The van der Waals surface area contributed by atoms with Crippen LogP contribution in [0.25, 0.3) is 0 Å². The minimum atomic E-state index is -0.627. The number of hydrogen-bond acceptors (Lipinski definition) is 5. The Hall–Kier alpha value is -3.35. The molecule has 0 saturated carbocycles. The second-order valence-corrected chi connectivity index (χ2v) is 6.97. The fourth-order valence-corrected chi connectivity index (χ4v) is 3.06. The lowest BCUT2D eigenvalue weighted by Gasteiger charge is -2.16. The number of aryl methyl sites for hydroxylation is 2. The first-order valence-corrected chi connectivity index (χ1v) is 9.48. The van der Waals surface area contributed by atoms with Gasteiger partial charge in [0.1, 0.15) is 5.75 Å². The third kappa shape index (κ3) is 5.57. The summed E-state index contributed by atoms with van der Waals surface area (Å²) in [6, 6.07) is 12.7. The Labute approximate surface area is 169 Å². The summed E-state index contributed by atoms with van der Waals surface area (Å²) >= 11 is 0. The highest BCUT2D eigenvalue weighted by Crippen LogP contribution is 2.24. The zero-order valence-electron chi connectivity index (χ0n) is 16.6. The number of rotatable bonds is 7. The van der Waals surface area contributed by atoms with Crippen LogP contribution < -0.4 is 15.0 Å². The fraction of sp³-hybridized carbons (Fsp3) is 0.318. The molecule has 1 saturated heterocycles. The van der Waals surface area contributed by atoms with Gasteiger partial charge < -0.3 is 19.7 Å². The second kappa shape index (κ2) is 9.23. The van der Waals surface area contributed by atoms with E-state index in [1.54, 1.807) is 23.1 Å². The van der Waals surface area contributed by atoms with E-state index in [0.29, 0.717) is 24.4 Å². The van der Waals surface area contributed by atoms with Crippen LogP contribution in [0.4, 0.5) is 11.4 Å². The minimum absolute atomic E-state index is 0.0752. The average Bonchev–Trinajstić information content (AvgIpc) is 3.13. The van der Waals surface area contributed by atoms with Crippen molar-refractivity contribution < 1.29 is 23.9 Å². The lowest BCUT2D eigenvalue weighted by Crippen LogP contribution is -2.25. The van der Waals surface area contributed by atoms with Crippen molar-refractivity contribution in [1.29, 1.82) is 0 Å². The van der Waals surface area contributed by atoms with Crippen LogP contribution in [0.1, 0.15) is 24.0 Å². The summed E-state index contributed by atoms with van der Waals surface area (Å²) < 4.78 is 10.4. The number of esters is 1. The van der Waals surface area contributed by atoms with Gasteiger partial charge in [0.2, 0.25) is 5.91 Å². The van der Waals surface area contributed by atoms with Gasteiger partial charge in [-0.15, -0.1) is 0 Å². The van der Waals surface area contributed by atoms with E-state index in [0.717, 1.165) is 23.2 Å². The molecular weight excluding hydrogens is 372 g/mol. The quantitative estimate of drug-likeness (QED) is 0.728. The Morgan fingerprint density at radius 2 is 1.93 bits per heavy atom. The highest BCUT2D eigenvalue weighted by Gasteiger charge is 2.21. The number of carbonyl (C=O) groups is 3. The lowest BCUT2D eigenvalue weighted by molar-refractivity contribution is -0.149. The summed E-state index contributed by atoms with van der Waals surface area (Å²) in [7, 11) is 0. The number of amides is 2. The maximum Gasteiger partial charge on any atom is 0.344 e. The molecule has 29 heavy (non-hydrogen) atoms. The van der Waals surface area contributed by atoms with E-state index in [1.807, 2.05) is 38.1 Å². The van der Waals surface area contributed by atoms with Crippen molar-refractivity contribution in [2.75, 3.05) is 30.0 Å². The van der Waals surface area contributed by atoms with Crippen LogP contribution in [0.15, 0.2) is 42.5 Å². The molecule has 1 fully saturated rings. The van der Waals surface area contributed by atoms with Crippen LogP contribution in [0.2, 0.25) is 0 Å². The van der Waals surface area contributed by atoms with Gasteiger partial charge in [-0.05, 0) is 55.7 Å². The molecule has 1 aliphatic heterocycles. The number of carbonyl (C=O) groups excluding carboxylic acids is 3. The topological polar surface area (TPSA) is 84.9 Å². The van der Waals surface area contributed by atoms with Gasteiger partial charge >= 0.3 is 5.97 Å². The maximum atomic E-state index is 12.1. The van der Waals surface area contributed by atoms with Crippen molar-refractivity contribution in [2.45, 2.75) is 26.7 Å². The van der Waals surface area contributed by atoms with Crippen LogP contribution in [-0.2, 0) is 19.1 Å². The molecule has 0 aromatic heterocycles. The summed E-state index contributed by atoms with van der Waals surface area (Å²) in [5, 5.41) is 2.67. The summed E-state index contributed by atoms with van der Waals surface area (Å²) in [6.45, 7) is 3.81. The summed E-state index contributed by atoms with van der Waals surface area (Å²) in [4.78, 5) is 37.5. The molecule has 2 aromatic carbocycles. The van der Waals surface area contributed by atoms with Gasteiger partial charge in [0, 0.05) is 24.3 Å². The number of nitrogens with zero attached hydrogens (tertiary/aromatic N) is 1. The first-order chi connectivity index (χ1) is 13.9. The van der Waals surface area contributed by atoms with Crippen LogP contribution in [-0.4, -0.2) is 37.5 Å². The normalized spacial score (nSPS) is 13.3. The van der Waals surface area contributed by atoms with Gasteiger partial charge in [-0.25, -0.2) is 4.79 Å². The number of benzene rings is 2. The van der Waals surface area contributed by atoms with Crippen molar-refractivity contribution in [3.05, 3.63) is 53.6 Å². The molecule has 152 valence electrons. The number of ether oxygens (including phenoxy) is 2. The molecule has 1 aliphatic rings. The molecule has 0 aliphatic carbocycles. The monoisotopic (exact) mass is 396 g/mol.